The number of rotatable bonds is 5. The van der Waals surface area contributed by atoms with Crippen molar-refractivity contribution in [3.05, 3.63) is 28.8 Å². The summed E-state index contributed by atoms with van der Waals surface area (Å²) in [4.78, 5) is 14.8. The average molecular weight is 564 g/mol. The lowest BCUT2D eigenvalue weighted by molar-refractivity contribution is -0.137. The second-order valence-corrected chi connectivity index (χ2v) is 11.8. The molecule has 2 unspecified atom stereocenters. The van der Waals surface area contributed by atoms with Crippen LogP contribution in [-0.4, -0.2) is 57.3 Å². The summed E-state index contributed by atoms with van der Waals surface area (Å²) in [5, 5.41) is 3.63. The van der Waals surface area contributed by atoms with Gasteiger partial charge < -0.3 is 15.0 Å². The highest BCUT2D eigenvalue weighted by Gasteiger charge is 2.37. The Balaban J connectivity index is 0.000000947. The highest BCUT2D eigenvalue weighted by Crippen LogP contribution is 2.37. The second-order valence-electron chi connectivity index (χ2n) is 10.0. The molecule has 2 fully saturated rings. The topological polar surface area (TPSA) is 87.7 Å². The van der Waals surface area contributed by atoms with E-state index in [4.69, 9.17) is 4.74 Å². The van der Waals surface area contributed by atoms with Gasteiger partial charge in [0.15, 0.2) is 0 Å². The second kappa shape index (κ2) is 14.5. The highest BCUT2D eigenvalue weighted by molar-refractivity contribution is 7.92. The van der Waals surface area contributed by atoms with Crippen LogP contribution in [0.4, 0.5) is 18.9 Å². The zero-order valence-corrected chi connectivity index (χ0v) is 24.1. The van der Waals surface area contributed by atoms with Gasteiger partial charge in [0.25, 0.3) is 0 Å². The van der Waals surface area contributed by atoms with Crippen molar-refractivity contribution in [3.8, 4) is 0 Å². The Morgan fingerprint density at radius 2 is 1.71 bits per heavy atom. The Kier molecular flexibility index (Phi) is 12.4. The number of anilines is 1. The van der Waals surface area contributed by atoms with Crippen molar-refractivity contribution >= 4 is 21.6 Å². The minimum atomic E-state index is -4.62. The molecule has 1 aliphatic carbocycles. The number of alkyl halides is 3. The fraction of sp³-hybridized carbons (Fsp3) is 0.741. The van der Waals surface area contributed by atoms with Gasteiger partial charge in [-0.05, 0) is 61.8 Å². The molecule has 1 saturated carbocycles. The summed E-state index contributed by atoms with van der Waals surface area (Å²) in [5.74, 6) is -0.185. The van der Waals surface area contributed by atoms with Crippen LogP contribution in [0.2, 0.25) is 0 Å². The number of carbonyl (C=O) groups excluding carboxylic acids is 1. The summed E-state index contributed by atoms with van der Waals surface area (Å²) in [7, 11) is -3.75. The minimum absolute atomic E-state index is 0.0352. The Labute approximate surface area is 225 Å². The standard InChI is InChI=1S/C22H30F3N3O4S.C3H8.C2H6/c1-33(30,31)27-20-12-16(22(23,24)25)10-15-13-28(7-4-19(15)20)21(29)14-2-3-18(11-14)26-17-5-8-32-9-6-17;1-3-2;1-2/h10,12,14,17-18,26-27H,2-9,11,13H2,1H3;3H2,1-2H3;1-2H3. The molecule has 3 aliphatic rings. The lowest BCUT2D eigenvalue weighted by Crippen LogP contribution is -2.42. The number of ether oxygens (including phenoxy) is 1. The first-order chi connectivity index (χ1) is 17.9. The van der Waals surface area contributed by atoms with E-state index in [9.17, 15) is 26.4 Å². The molecule has 0 bridgehead atoms. The molecule has 0 aromatic heterocycles. The molecule has 11 heteroatoms. The maximum Gasteiger partial charge on any atom is 0.416 e. The van der Waals surface area contributed by atoms with Crippen LogP contribution in [0.3, 0.4) is 0 Å². The molecule has 2 atom stereocenters. The van der Waals surface area contributed by atoms with Crippen LogP contribution < -0.4 is 10.0 Å². The van der Waals surface area contributed by atoms with Crippen LogP contribution in [0.25, 0.3) is 0 Å². The van der Waals surface area contributed by atoms with Crippen molar-refractivity contribution in [2.75, 3.05) is 30.7 Å². The molecule has 1 aromatic rings. The number of carbonyl (C=O) groups is 1. The van der Waals surface area contributed by atoms with Crippen LogP contribution in [-0.2, 0) is 38.7 Å². The molecule has 1 aromatic carbocycles. The van der Waals surface area contributed by atoms with Crippen molar-refractivity contribution in [2.45, 2.75) is 97.4 Å². The number of hydrogen-bond acceptors (Lipinski definition) is 5. The maximum atomic E-state index is 13.4. The quantitative estimate of drug-likeness (QED) is 0.505. The smallest absolute Gasteiger partial charge is 0.381 e. The monoisotopic (exact) mass is 563 g/mol. The van der Waals surface area contributed by atoms with Gasteiger partial charge in [0.05, 0.1) is 17.5 Å². The molecule has 1 amide bonds. The van der Waals surface area contributed by atoms with E-state index in [1.807, 2.05) is 13.8 Å². The molecule has 0 radical (unpaired) electrons. The van der Waals surface area contributed by atoms with Crippen molar-refractivity contribution in [1.29, 1.82) is 0 Å². The van der Waals surface area contributed by atoms with E-state index in [0.717, 1.165) is 63.7 Å². The Hall–Kier alpha value is -1.85. The number of sulfonamides is 1. The van der Waals surface area contributed by atoms with Gasteiger partial charge in [-0.25, -0.2) is 8.42 Å². The van der Waals surface area contributed by atoms with E-state index < -0.39 is 21.8 Å². The number of fused-ring (bicyclic) bond motifs is 1. The van der Waals surface area contributed by atoms with Crippen LogP contribution in [0.15, 0.2) is 12.1 Å². The molecule has 2 aliphatic heterocycles. The summed E-state index contributed by atoms with van der Waals surface area (Å²) in [6, 6.07) is 2.54. The third-order valence-corrected chi connectivity index (χ3v) is 7.33. The number of benzene rings is 1. The first kappa shape index (κ1) is 32.4. The van der Waals surface area contributed by atoms with E-state index >= 15 is 0 Å². The first-order valence-electron chi connectivity index (χ1n) is 13.7. The van der Waals surface area contributed by atoms with E-state index in [0.29, 0.717) is 30.1 Å². The summed E-state index contributed by atoms with van der Waals surface area (Å²) < 4.78 is 71.3. The molecule has 218 valence electrons. The van der Waals surface area contributed by atoms with Crippen LogP contribution in [0.1, 0.15) is 82.9 Å². The van der Waals surface area contributed by atoms with E-state index in [1.54, 1.807) is 4.90 Å². The zero-order chi connectivity index (χ0) is 28.5. The van der Waals surface area contributed by atoms with Gasteiger partial charge in [0.1, 0.15) is 0 Å². The van der Waals surface area contributed by atoms with Crippen molar-refractivity contribution in [1.82, 2.24) is 10.2 Å². The largest absolute Gasteiger partial charge is 0.416 e. The Morgan fingerprint density at radius 3 is 2.29 bits per heavy atom. The van der Waals surface area contributed by atoms with Gasteiger partial charge in [-0.1, -0.05) is 34.1 Å². The van der Waals surface area contributed by atoms with E-state index in [1.165, 1.54) is 6.42 Å². The molecule has 38 heavy (non-hydrogen) atoms. The van der Waals surface area contributed by atoms with Gasteiger partial charge in [0, 0.05) is 44.3 Å². The minimum Gasteiger partial charge on any atom is -0.381 e. The van der Waals surface area contributed by atoms with Crippen molar-refractivity contribution < 1.29 is 31.1 Å². The Morgan fingerprint density at radius 1 is 1.08 bits per heavy atom. The molecular weight excluding hydrogens is 519 g/mol. The van der Waals surface area contributed by atoms with Crippen molar-refractivity contribution in [3.63, 3.8) is 0 Å². The number of amides is 1. The molecule has 1 saturated heterocycles. The summed E-state index contributed by atoms with van der Waals surface area (Å²) in [6.45, 7) is 10.1. The zero-order valence-electron chi connectivity index (χ0n) is 23.3. The summed E-state index contributed by atoms with van der Waals surface area (Å²) >= 11 is 0. The lowest BCUT2D eigenvalue weighted by Gasteiger charge is -2.33. The van der Waals surface area contributed by atoms with Crippen LogP contribution >= 0.6 is 0 Å². The van der Waals surface area contributed by atoms with Gasteiger partial charge in [0.2, 0.25) is 15.9 Å². The fourth-order valence-corrected chi connectivity index (χ4v) is 5.74. The normalized spacial score (nSPS) is 21.9. The maximum absolute atomic E-state index is 13.4. The lowest BCUT2D eigenvalue weighted by atomic mass is 9.94. The third-order valence-electron chi connectivity index (χ3n) is 6.74. The molecule has 4 rings (SSSR count). The van der Waals surface area contributed by atoms with Gasteiger partial charge in [-0.15, -0.1) is 0 Å². The molecule has 2 N–H and O–H groups in total. The number of halogens is 3. The van der Waals surface area contributed by atoms with Gasteiger partial charge >= 0.3 is 6.18 Å². The van der Waals surface area contributed by atoms with Gasteiger partial charge in [-0.2, -0.15) is 13.2 Å². The molecule has 2 heterocycles. The highest BCUT2D eigenvalue weighted by atomic mass is 32.2. The van der Waals surface area contributed by atoms with Crippen LogP contribution in [0.5, 0.6) is 0 Å². The summed E-state index contributed by atoms with van der Waals surface area (Å²) in [6.07, 6.45) is 2.14. The molecule has 0 spiro atoms. The van der Waals surface area contributed by atoms with E-state index in [2.05, 4.69) is 23.9 Å². The molecule has 7 nitrogen and oxygen atoms in total. The predicted molar refractivity (Wildman–Crippen MR) is 144 cm³/mol. The predicted octanol–water partition coefficient (Wildman–Crippen LogP) is 5.34. The van der Waals surface area contributed by atoms with Gasteiger partial charge in [-0.3, -0.25) is 9.52 Å². The average Bonchev–Trinajstić information content (AvgIpc) is 3.32. The number of hydrogen-bond donors (Lipinski definition) is 2. The molecular formula is C27H44F3N3O4S. The Bertz CT molecular complexity index is 1010. The van der Waals surface area contributed by atoms with E-state index in [-0.39, 0.29) is 30.1 Å². The fourth-order valence-electron chi connectivity index (χ4n) is 5.16. The van der Waals surface area contributed by atoms with Crippen molar-refractivity contribution in [2.24, 2.45) is 5.92 Å². The third kappa shape index (κ3) is 9.41. The SMILES string of the molecule is CC.CCC.CS(=O)(=O)Nc1cc(C(F)(F)F)cc2c1CCN(C(=O)C1CCC(NC3CCOCC3)C1)C2. The van der Waals surface area contributed by atoms with Crippen LogP contribution in [0, 0.1) is 5.92 Å². The first-order valence-corrected chi connectivity index (χ1v) is 15.6. The number of nitrogens with one attached hydrogen (secondary N) is 2. The summed E-state index contributed by atoms with van der Waals surface area (Å²) in [5.41, 5.74) is -0.132. The number of nitrogens with zero attached hydrogens (tertiary/aromatic N) is 1.